The molecule has 0 amide bonds. The molecule has 0 spiro atoms. The van der Waals surface area contributed by atoms with Gasteiger partial charge in [-0.1, -0.05) is 39.0 Å². The van der Waals surface area contributed by atoms with E-state index < -0.39 is 5.41 Å². The number of benzene rings is 1. The molecule has 1 fully saturated rings. The standard InChI is InChI=1S/C26H36N2O4/c1-4-5-6-7-8-9-16-30-23-17-27-24(28-18-23)20-10-12-21(13-11-20)31-19-22-14-15-26(2,3)25(29)32-22/h10-13,17-18,22H,4-9,14-16,19H2,1-3H3. The molecule has 6 nitrogen and oxygen atoms in total. The number of aromatic nitrogens is 2. The first-order valence-corrected chi connectivity index (χ1v) is 11.9. The third-order valence-electron chi connectivity index (χ3n) is 5.86. The molecule has 2 heterocycles. The number of carbonyl (C=O) groups is 1. The van der Waals surface area contributed by atoms with Crippen LogP contribution in [0, 0.1) is 5.41 Å². The van der Waals surface area contributed by atoms with E-state index in [2.05, 4.69) is 16.9 Å². The zero-order chi connectivity index (χ0) is 22.8. The van der Waals surface area contributed by atoms with E-state index >= 15 is 0 Å². The summed E-state index contributed by atoms with van der Waals surface area (Å²) in [6, 6.07) is 7.63. The van der Waals surface area contributed by atoms with Gasteiger partial charge in [0.05, 0.1) is 24.4 Å². The van der Waals surface area contributed by atoms with Gasteiger partial charge in [0.15, 0.2) is 11.6 Å². The minimum absolute atomic E-state index is 0.149. The number of ether oxygens (including phenoxy) is 3. The van der Waals surface area contributed by atoms with Crippen LogP contribution in [0.5, 0.6) is 11.5 Å². The van der Waals surface area contributed by atoms with E-state index in [-0.39, 0.29) is 12.1 Å². The molecule has 1 aliphatic rings. The molecule has 6 heteroatoms. The molecule has 3 rings (SSSR count). The van der Waals surface area contributed by atoms with Crippen LogP contribution in [-0.2, 0) is 9.53 Å². The van der Waals surface area contributed by atoms with Gasteiger partial charge in [0, 0.05) is 5.56 Å². The molecule has 0 N–H and O–H groups in total. The van der Waals surface area contributed by atoms with Crippen molar-refractivity contribution in [1.82, 2.24) is 9.97 Å². The molecular weight excluding hydrogens is 404 g/mol. The van der Waals surface area contributed by atoms with Gasteiger partial charge in [-0.15, -0.1) is 0 Å². The molecule has 0 radical (unpaired) electrons. The summed E-state index contributed by atoms with van der Waals surface area (Å²) in [6.45, 7) is 7.13. The maximum atomic E-state index is 12.0. The van der Waals surface area contributed by atoms with Crippen LogP contribution in [0.25, 0.3) is 11.4 Å². The molecule has 1 aliphatic heterocycles. The van der Waals surface area contributed by atoms with Gasteiger partial charge in [-0.05, 0) is 57.4 Å². The van der Waals surface area contributed by atoms with Gasteiger partial charge in [0.25, 0.3) is 0 Å². The quantitative estimate of drug-likeness (QED) is 0.298. The SMILES string of the molecule is CCCCCCCCOc1cnc(-c2ccc(OCC3CCC(C)(C)C(=O)O3)cc2)nc1. The molecule has 174 valence electrons. The third-order valence-corrected chi connectivity index (χ3v) is 5.86. The first kappa shape index (κ1) is 24.0. The van der Waals surface area contributed by atoms with Gasteiger partial charge in [-0.2, -0.15) is 0 Å². The van der Waals surface area contributed by atoms with Crippen LogP contribution in [0.15, 0.2) is 36.7 Å². The van der Waals surface area contributed by atoms with Crippen LogP contribution in [0.1, 0.15) is 72.1 Å². The molecule has 2 aromatic rings. The first-order valence-electron chi connectivity index (χ1n) is 11.9. The Morgan fingerprint density at radius 2 is 1.66 bits per heavy atom. The van der Waals surface area contributed by atoms with Crippen LogP contribution >= 0.6 is 0 Å². The maximum Gasteiger partial charge on any atom is 0.311 e. The molecule has 32 heavy (non-hydrogen) atoms. The normalized spacial score (nSPS) is 17.6. The minimum atomic E-state index is -0.396. The molecule has 0 aliphatic carbocycles. The number of hydrogen-bond acceptors (Lipinski definition) is 6. The summed E-state index contributed by atoms with van der Waals surface area (Å²) in [7, 11) is 0. The lowest BCUT2D eigenvalue weighted by Crippen LogP contribution is -2.39. The Balaban J connectivity index is 1.41. The van der Waals surface area contributed by atoms with Crippen molar-refractivity contribution in [2.45, 2.75) is 78.2 Å². The fourth-order valence-electron chi connectivity index (χ4n) is 3.61. The average molecular weight is 441 g/mol. The van der Waals surface area contributed by atoms with E-state index in [1.54, 1.807) is 12.4 Å². The molecule has 1 saturated heterocycles. The van der Waals surface area contributed by atoms with Gasteiger partial charge < -0.3 is 14.2 Å². The number of esters is 1. The highest BCUT2D eigenvalue weighted by Gasteiger charge is 2.36. The van der Waals surface area contributed by atoms with Gasteiger partial charge in [-0.25, -0.2) is 9.97 Å². The number of hydrogen-bond donors (Lipinski definition) is 0. The number of unbranched alkanes of at least 4 members (excludes halogenated alkanes) is 5. The number of cyclic esters (lactones) is 1. The summed E-state index contributed by atoms with van der Waals surface area (Å²) in [5.41, 5.74) is 0.512. The summed E-state index contributed by atoms with van der Waals surface area (Å²) in [5.74, 6) is 1.93. The molecule has 1 atom stereocenters. The summed E-state index contributed by atoms with van der Waals surface area (Å²) >= 11 is 0. The highest BCUT2D eigenvalue weighted by molar-refractivity contribution is 5.76. The van der Waals surface area contributed by atoms with Crippen LogP contribution in [0.2, 0.25) is 0 Å². The Morgan fingerprint density at radius 1 is 0.969 bits per heavy atom. The monoisotopic (exact) mass is 440 g/mol. The van der Waals surface area contributed by atoms with Gasteiger partial charge in [0.2, 0.25) is 0 Å². The Kier molecular flexibility index (Phi) is 8.89. The molecule has 0 bridgehead atoms. The minimum Gasteiger partial charge on any atom is -0.490 e. The van der Waals surface area contributed by atoms with E-state index in [0.29, 0.717) is 24.8 Å². The smallest absolute Gasteiger partial charge is 0.311 e. The van der Waals surface area contributed by atoms with Crippen LogP contribution in [0.3, 0.4) is 0 Å². The van der Waals surface area contributed by atoms with Crippen molar-refractivity contribution in [3.8, 4) is 22.9 Å². The number of carbonyl (C=O) groups excluding carboxylic acids is 1. The van der Waals surface area contributed by atoms with Gasteiger partial charge in [-0.3, -0.25) is 4.79 Å². The second-order valence-electron chi connectivity index (χ2n) is 9.14. The Morgan fingerprint density at radius 3 is 2.34 bits per heavy atom. The zero-order valence-electron chi connectivity index (χ0n) is 19.6. The molecule has 0 saturated carbocycles. The van der Waals surface area contributed by atoms with E-state index in [1.165, 1.54) is 32.1 Å². The fraction of sp³-hybridized carbons (Fsp3) is 0.577. The fourth-order valence-corrected chi connectivity index (χ4v) is 3.61. The van der Waals surface area contributed by atoms with E-state index in [4.69, 9.17) is 14.2 Å². The molecule has 1 aromatic carbocycles. The molecule has 1 aromatic heterocycles. The second kappa shape index (κ2) is 11.8. The van der Waals surface area contributed by atoms with E-state index in [9.17, 15) is 4.79 Å². The molecule has 1 unspecified atom stereocenters. The third kappa shape index (κ3) is 7.21. The van der Waals surface area contributed by atoms with Crippen molar-refractivity contribution in [3.05, 3.63) is 36.7 Å². The van der Waals surface area contributed by atoms with E-state index in [1.807, 2.05) is 38.1 Å². The molecular formula is C26H36N2O4. The van der Waals surface area contributed by atoms with Crippen molar-refractivity contribution < 1.29 is 19.0 Å². The second-order valence-corrected chi connectivity index (χ2v) is 9.14. The number of rotatable bonds is 12. The predicted molar refractivity (Wildman–Crippen MR) is 125 cm³/mol. The van der Waals surface area contributed by atoms with Crippen molar-refractivity contribution in [3.63, 3.8) is 0 Å². The number of nitrogens with zero attached hydrogens (tertiary/aromatic N) is 2. The van der Waals surface area contributed by atoms with Crippen molar-refractivity contribution in [2.24, 2.45) is 5.41 Å². The largest absolute Gasteiger partial charge is 0.490 e. The van der Waals surface area contributed by atoms with Crippen molar-refractivity contribution >= 4 is 5.97 Å². The summed E-state index contributed by atoms with van der Waals surface area (Å²) in [6.07, 6.45) is 12.3. The zero-order valence-corrected chi connectivity index (χ0v) is 19.6. The summed E-state index contributed by atoms with van der Waals surface area (Å²) in [5, 5.41) is 0. The highest BCUT2D eigenvalue weighted by Crippen LogP contribution is 2.31. The summed E-state index contributed by atoms with van der Waals surface area (Å²) in [4.78, 5) is 20.8. The Labute approximate surface area is 191 Å². The summed E-state index contributed by atoms with van der Waals surface area (Å²) < 4.78 is 17.1. The van der Waals surface area contributed by atoms with Gasteiger partial charge >= 0.3 is 5.97 Å². The predicted octanol–water partition coefficient (Wildman–Crippen LogP) is 5.99. The Hall–Kier alpha value is -2.63. The van der Waals surface area contributed by atoms with Crippen molar-refractivity contribution in [1.29, 1.82) is 0 Å². The van der Waals surface area contributed by atoms with Crippen molar-refractivity contribution in [2.75, 3.05) is 13.2 Å². The van der Waals surface area contributed by atoms with Crippen LogP contribution in [-0.4, -0.2) is 35.3 Å². The highest BCUT2D eigenvalue weighted by atomic mass is 16.6. The lowest BCUT2D eigenvalue weighted by Gasteiger charge is -2.32. The lowest BCUT2D eigenvalue weighted by atomic mass is 9.84. The van der Waals surface area contributed by atoms with Crippen LogP contribution < -0.4 is 9.47 Å². The topological polar surface area (TPSA) is 70.5 Å². The van der Waals surface area contributed by atoms with Crippen LogP contribution in [0.4, 0.5) is 0 Å². The first-order chi connectivity index (χ1) is 15.5. The Bertz CT molecular complexity index is 834. The van der Waals surface area contributed by atoms with Gasteiger partial charge in [0.1, 0.15) is 18.5 Å². The maximum absolute atomic E-state index is 12.0. The lowest BCUT2D eigenvalue weighted by molar-refractivity contribution is -0.169. The van der Waals surface area contributed by atoms with E-state index in [0.717, 1.165) is 30.6 Å². The average Bonchev–Trinajstić information content (AvgIpc) is 2.80.